The minimum Gasteiger partial charge on any atom is -0.493 e. The fourth-order valence-corrected chi connectivity index (χ4v) is 4.31. The van der Waals surface area contributed by atoms with Crippen LogP contribution in [0.1, 0.15) is 5.56 Å². The smallest absolute Gasteiger partial charge is 0.243 e. The van der Waals surface area contributed by atoms with Crippen molar-refractivity contribution in [1.82, 2.24) is 14.6 Å². The Balaban J connectivity index is 1.43. The fourth-order valence-electron chi connectivity index (χ4n) is 3.52. The molecule has 0 amide bonds. The summed E-state index contributed by atoms with van der Waals surface area (Å²) in [5, 5.41) is 5.58. The lowest BCUT2D eigenvalue weighted by atomic mass is 10.1. The van der Waals surface area contributed by atoms with Crippen molar-refractivity contribution in [2.24, 2.45) is 0 Å². The molecule has 0 aliphatic carbocycles. The molecule has 0 spiro atoms. The first-order valence-corrected chi connectivity index (χ1v) is 10.9. The van der Waals surface area contributed by atoms with Gasteiger partial charge in [-0.15, -0.1) is 0 Å². The number of fused-ring (bicyclic) bond motifs is 2. The third-order valence-electron chi connectivity index (χ3n) is 5.09. The molecule has 2 aromatic carbocycles. The maximum Gasteiger partial charge on any atom is 0.243 e. The number of rotatable bonds is 7. The normalized spacial score (nSPS) is 12.2. The zero-order valence-electron chi connectivity index (χ0n) is 17.8. The lowest BCUT2D eigenvalue weighted by Gasteiger charge is -2.09. The zero-order chi connectivity index (χ0) is 22.1. The second-order valence-corrected chi connectivity index (χ2v) is 7.95. The Kier molecular flexibility index (Phi) is 5.40. The van der Waals surface area contributed by atoms with Crippen LogP contribution in [0.25, 0.3) is 16.9 Å². The molecule has 5 rings (SSSR count). The van der Waals surface area contributed by atoms with Gasteiger partial charge in [-0.2, -0.15) is 9.61 Å². The molecule has 1 aliphatic rings. The van der Waals surface area contributed by atoms with Crippen LogP contribution in [-0.2, 0) is 5.75 Å². The van der Waals surface area contributed by atoms with E-state index < -0.39 is 0 Å². The summed E-state index contributed by atoms with van der Waals surface area (Å²) in [6.45, 7) is 0.225. The Morgan fingerprint density at radius 1 is 0.906 bits per heavy atom. The number of hydrogen-bond acceptors (Lipinski definition) is 8. The quantitative estimate of drug-likeness (QED) is 0.382. The topological polar surface area (TPSA) is 76.3 Å². The molecule has 0 unspecified atom stereocenters. The number of methoxy groups -OCH3 is 3. The van der Waals surface area contributed by atoms with Crippen LogP contribution in [0.5, 0.6) is 28.9 Å². The third-order valence-corrected chi connectivity index (χ3v) is 6.08. The number of thioether (sulfide) groups is 1. The Bertz CT molecular complexity index is 1290. The summed E-state index contributed by atoms with van der Waals surface area (Å²) >= 11 is 1.61. The first-order chi connectivity index (χ1) is 15.7. The minimum atomic E-state index is 0.225. The number of imidazole rings is 1. The highest BCUT2D eigenvalue weighted by Crippen LogP contribution is 2.39. The largest absolute Gasteiger partial charge is 0.493 e. The summed E-state index contributed by atoms with van der Waals surface area (Å²) in [6, 6.07) is 15.5. The molecule has 3 heterocycles. The van der Waals surface area contributed by atoms with Crippen LogP contribution in [-0.4, -0.2) is 42.7 Å². The Hall–Kier alpha value is -3.59. The summed E-state index contributed by atoms with van der Waals surface area (Å²) < 4.78 is 29.0. The van der Waals surface area contributed by atoms with Crippen LogP contribution in [0.3, 0.4) is 0 Å². The molecule has 0 bridgehead atoms. The first-order valence-electron chi connectivity index (χ1n) is 9.87. The van der Waals surface area contributed by atoms with E-state index in [2.05, 4.69) is 0 Å². The lowest BCUT2D eigenvalue weighted by molar-refractivity contribution is 0.174. The van der Waals surface area contributed by atoms with E-state index in [1.165, 1.54) is 0 Å². The Labute approximate surface area is 189 Å². The number of benzene rings is 2. The van der Waals surface area contributed by atoms with E-state index in [9.17, 15) is 0 Å². The molecule has 2 aromatic heterocycles. The molecular weight excluding hydrogens is 430 g/mol. The van der Waals surface area contributed by atoms with Crippen LogP contribution in [0, 0.1) is 0 Å². The first kappa shape index (κ1) is 20.3. The van der Waals surface area contributed by atoms with Gasteiger partial charge in [-0.3, -0.25) is 0 Å². The summed E-state index contributed by atoms with van der Waals surface area (Å²) in [5.74, 6) is 4.13. The van der Waals surface area contributed by atoms with Crippen molar-refractivity contribution in [3.63, 3.8) is 0 Å². The minimum absolute atomic E-state index is 0.225. The number of nitrogens with zero attached hydrogens (tertiary/aromatic N) is 3. The van der Waals surface area contributed by atoms with Crippen LogP contribution >= 0.6 is 11.8 Å². The van der Waals surface area contributed by atoms with Crippen LogP contribution in [0.4, 0.5) is 0 Å². The molecule has 0 atom stereocenters. The van der Waals surface area contributed by atoms with E-state index >= 15 is 0 Å². The number of ether oxygens (including phenoxy) is 5. The van der Waals surface area contributed by atoms with E-state index in [1.54, 1.807) is 37.6 Å². The Morgan fingerprint density at radius 3 is 2.56 bits per heavy atom. The molecule has 0 radical (unpaired) electrons. The third kappa shape index (κ3) is 3.64. The van der Waals surface area contributed by atoms with Gasteiger partial charge in [0.2, 0.25) is 12.7 Å². The van der Waals surface area contributed by atoms with Crippen molar-refractivity contribution in [3.05, 3.63) is 54.1 Å². The van der Waals surface area contributed by atoms with Gasteiger partial charge in [0.25, 0.3) is 0 Å². The monoisotopic (exact) mass is 451 g/mol. The zero-order valence-corrected chi connectivity index (χ0v) is 18.6. The summed E-state index contributed by atoms with van der Waals surface area (Å²) in [7, 11) is 4.88. The summed E-state index contributed by atoms with van der Waals surface area (Å²) in [4.78, 5) is 4.72. The number of hydrogen-bond donors (Lipinski definition) is 0. The van der Waals surface area contributed by atoms with E-state index in [0.717, 1.165) is 27.7 Å². The van der Waals surface area contributed by atoms with Gasteiger partial charge in [-0.1, -0.05) is 17.8 Å². The lowest BCUT2D eigenvalue weighted by Crippen LogP contribution is -1.97. The summed E-state index contributed by atoms with van der Waals surface area (Å²) in [6.07, 6.45) is 0. The maximum absolute atomic E-state index is 5.67. The van der Waals surface area contributed by atoms with E-state index in [0.29, 0.717) is 34.5 Å². The highest BCUT2D eigenvalue weighted by atomic mass is 32.2. The van der Waals surface area contributed by atoms with E-state index in [1.807, 2.05) is 48.5 Å². The van der Waals surface area contributed by atoms with Gasteiger partial charge in [0, 0.05) is 11.3 Å². The molecular formula is C23H21N3O5S. The van der Waals surface area contributed by atoms with E-state index in [4.69, 9.17) is 33.8 Å². The SMILES string of the molecule is COc1ccc(CSc2ccc3nc(-c4ccc5c(c4)OCO5)c(OC)n3n2)cc1OC. The molecule has 1 aliphatic heterocycles. The molecule has 9 heteroatoms. The fraction of sp³-hybridized carbons (Fsp3) is 0.217. The second-order valence-electron chi connectivity index (χ2n) is 6.96. The van der Waals surface area contributed by atoms with Gasteiger partial charge in [0.05, 0.1) is 21.3 Å². The molecule has 4 aromatic rings. The average Bonchev–Trinajstić information content (AvgIpc) is 3.45. The van der Waals surface area contributed by atoms with Crippen molar-refractivity contribution in [3.8, 4) is 40.1 Å². The Morgan fingerprint density at radius 2 is 1.75 bits per heavy atom. The molecule has 8 nitrogen and oxygen atoms in total. The molecule has 0 fully saturated rings. The van der Waals surface area contributed by atoms with Crippen molar-refractivity contribution in [2.75, 3.05) is 28.1 Å². The van der Waals surface area contributed by atoms with Gasteiger partial charge in [-0.25, -0.2) is 4.98 Å². The van der Waals surface area contributed by atoms with Gasteiger partial charge in [-0.05, 0) is 48.0 Å². The predicted molar refractivity (Wildman–Crippen MR) is 120 cm³/mol. The highest BCUT2D eigenvalue weighted by Gasteiger charge is 2.20. The van der Waals surface area contributed by atoms with Crippen molar-refractivity contribution < 1.29 is 23.7 Å². The van der Waals surface area contributed by atoms with Crippen molar-refractivity contribution in [1.29, 1.82) is 0 Å². The maximum atomic E-state index is 5.67. The summed E-state index contributed by atoms with van der Waals surface area (Å²) in [5.41, 5.74) is 3.37. The van der Waals surface area contributed by atoms with Gasteiger partial charge < -0.3 is 23.7 Å². The average molecular weight is 452 g/mol. The molecule has 0 saturated carbocycles. The van der Waals surface area contributed by atoms with Crippen molar-refractivity contribution in [2.45, 2.75) is 10.8 Å². The van der Waals surface area contributed by atoms with Gasteiger partial charge >= 0.3 is 0 Å². The molecule has 0 N–H and O–H groups in total. The highest BCUT2D eigenvalue weighted by molar-refractivity contribution is 7.98. The van der Waals surface area contributed by atoms with Gasteiger partial charge in [0.15, 0.2) is 28.6 Å². The standard InChI is InChI=1S/C23H21N3O5S/c1-27-16-6-4-14(10-18(16)28-2)12-32-21-9-8-20-24-22(23(29-3)26(20)25-21)15-5-7-17-19(11-15)31-13-30-17/h4-11H,12-13H2,1-3H3. The molecule has 32 heavy (non-hydrogen) atoms. The molecule has 164 valence electrons. The molecule has 0 saturated heterocycles. The van der Waals surface area contributed by atoms with Crippen LogP contribution < -0.4 is 23.7 Å². The van der Waals surface area contributed by atoms with Crippen LogP contribution in [0.15, 0.2) is 53.6 Å². The van der Waals surface area contributed by atoms with Crippen LogP contribution in [0.2, 0.25) is 0 Å². The van der Waals surface area contributed by atoms with Gasteiger partial charge in [0.1, 0.15) is 10.7 Å². The predicted octanol–water partition coefficient (Wildman–Crippen LogP) is 4.44. The second kappa shape index (κ2) is 8.51. The number of aromatic nitrogens is 3. The van der Waals surface area contributed by atoms with Crippen molar-refractivity contribution >= 4 is 17.4 Å². The van der Waals surface area contributed by atoms with E-state index in [-0.39, 0.29) is 6.79 Å².